The third kappa shape index (κ3) is 4.90. The fourth-order valence-corrected chi connectivity index (χ4v) is 4.05. The zero-order valence-electron chi connectivity index (χ0n) is 14.9. The third-order valence-electron chi connectivity index (χ3n) is 3.70. The fraction of sp³-hybridized carbons (Fsp3) is 0.150. The second kappa shape index (κ2) is 8.75. The molecule has 0 aliphatic rings. The molecule has 0 bridgehead atoms. The van der Waals surface area contributed by atoms with Crippen LogP contribution in [0.15, 0.2) is 53.2 Å². The summed E-state index contributed by atoms with van der Waals surface area (Å²) in [5, 5.41) is 4.31. The molecule has 0 spiro atoms. The number of carbonyl (C=O) groups excluding carboxylic acids is 2. The Labute approximate surface area is 165 Å². The van der Waals surface area contributed by atoms with Crippen LogP contribution in [0.4, 0.5) is 10.8 Å². The van der Waals surface area contributed by atoms with Crippen LogP contribution in [-0.2, 0) is 20.9 Å². The van der Waals surface area contributed by atoms with Gasteiger partial charge in [0.05, 0.1) is 11.4 Å². The van der Waals surface area contributed by atoms with Crippen LogP contribution in [0.25, 0.3) is 6.08 Å². The second-order valence-electron chi connectivity index (χ2n) is 5.72. The topological polar surface area (TPSA) is 59.5 Å². The molecular formula is C20H18N2O3S2. The first-order valence-electron chi connectivity index (χ1n) is 8.23. The summed E-state index contributed by atoms with van der Waals surface area (Å²) < 4.78 is 5.25. The van der Waals surface area contributed by atoms with Crippen molar-refractivity contribution in [2.75, 3.05) is 4.90 Å². The highest BCUT2D eigenvalue weighted by molar-refractivity contribution is 7.14. The van der Waals surface area contributed by atoms with Crippen molar-refractivity contribution in [2.24, 2.45) is 0 Å². The van der Waals surface area contributed by atoms with Gasteiger partial charge in [0, 0.05) is 23.3 Å². The van der Waals surface area contributed by atoms with Crippen molar-refractivity contribution in [3.05, 3.63) is 69.4 Å². The van der Waals surface area contributed by atoms with Gasteiger partial charge in [-0.1, -0.05) is 18.2 Å². The van der Waals surface area contributed by atoms with Gasteiger partial charge in [-0.05, 0) is 42.1 Å². The Morgan fingerprint density at radius 1 is 1.19 bits per heavy atom. The van der Waals surface area contributed by atoms with Gasteiger partial charge in [0.1, 0.15) is 6.61 Å². The highest BCUT2D eigenvalue weighted by Gasteiger charge is 2.17. The van der Waals surface area contributed by atoms with Crippen molar-refractivity contribution in [1.29, 1.82) is 0 Å². The molecule has 0 saturated carbocycles. The Morgan fingerprint density at radius 2 is 1.96 bits per heavy atom. The number of esters is 1. The van der Waals surface area contributed by atoms with Crippen molar-refractivity contribution in [1.82, 2.24) is 4.98 Å². The molecule has 5 nitrogen and oxygen atoms in total. The molecule has 0 unspecified atom stereocenters. The SMILES string of the molecule is CC(=O)N(c1ccccc1)c1nc(COC(=O)/C=C/c2sccc2C)cs1. The lowest BCUT2D eigenvalue weighted by Crippen LogP contribution is -2.22. The van der Waals surface area contributed by atoms with E-state index in [-0.39, 0.29) is 12.5 Å². The molecule has 0 N–H and O–H groups in total. The summed E-state index contributed by atoms with van der Waals surface area (Å²) in [5.74, 6) is -0.558. The number of nitrogens with zero attached hydrogens (tertiary/aromatic N) is 2. The lowest BCUT2D eigenvalue weighted by Gasteiger charge is -2.17. The number of thiazole rings is 1. The molecule has 0 saturated heterocycles. The lowest BCUT2D eigenvalue weighted by atomic mass is 10.3. The molecule has 0 atom stereocenters. The van der Waals surface area contributed by atoms with E-state index in [1.54, 1.807) is 22.8 Å². The van der Waals surface area contributed by atoms with Crippen LogP contribution in [0.3, 0.4) is 0 Å². The third-order valence-corrected chi connectivity index (χ3v) is 5.55. The van der Waals surface area contributed by atoms with E-state index in [1.807, 2.05) is 48.7 Å². The van der Waals surface area contributed by atoms with E-state index in [4.69, 9.17) is 4.74 Å². The molecule has 1 aromatic carbocycles. The van der Waals surface area contributed by atoms with Crippen LogP contribution < -0.4 is 4.90 Å². The van der Waals surface area contributed by atoms with E-state index in [9.17, 15) is 9.59 Å². The van der Waals surface area contributed by atoms with E-state index < -0.39 is 5.97 Å². The molecule has 0 fully saturated rings. The first kappa shape index (κ1) is 19.0. The predicted octanol–water partition coefficient (Wildman–Crippen LogP) is 4.95. The van der Waals surface area contributed by atoms with Crippen LogP contribution in [0.1, 0.15) is 23.1 Å². The fourth-order valence-electron chi connectivity index (χ4n) is 2.36. The van der Waals surface area contributed by atoms with Gasteiger partial charge in [-0.2, -0.15) is 0 Å². The van der Waals surface area contributed by atoms with E-state index in [0.29, 0.717) is 10.8 Å². The lowest BCUT2D eigenvalue weighted by molar-refractivity contribution is -0.139. The number of thiophene rings is 1. The number of aryl methyl sites for hydroxylation is 1. The number of para-hydroxylation sites is 1. The van der Waals surface area contributed by atoms with Crippen molar-refractivity contribution in [3.8, 4) is 0 Å². The van der Waals surface area contributed by atoms with Crippen LogP contribution in [-0.4, -0.2) is 16.9 Å². The first-order valence-corrected chi connectivity index (χ1v) is 9.99. The minimum atomic E-state index is -0.427. The van der Waals surface area contributed by atoms with Crippen LogP contribution >= 0.6 is 22.7 Å². The number of aromatic nitrogens is 1. The molecule has 1 amide bonds. The zero-order chi connectivity index (χ0) is 19.2. The summed E-state index contributed by atoms with van der Waals surface area (Å²) >= 11 is 2.90. The van der Waals surface area contributed by atoms with Gasteiger partial charge in [0.25, 0.3) is 0 Å². The van der Waals surface area contributed by atoms with Gasteiger partial charge in [-0.3, -0.25) is 9.69 Å². The number of benzene rings is 1. The molecule has 2 heterocycles. The number of ether oxygens (including phenoxy) is 1. The van der Waals surface area contributed by atoms with Crippen LogP contribution in [0.5, 0.6) is 0 Å². The summed E-state index contributed by atoms with van der Waals surface area (Å²) in [6.45, 7) is 3.54. The van der Waals surface area contributed by atoms with Gasteiger partial charge in [0.2, 0.25) is 5.91 Å². The quantitative estimate of drug-likeness (QED) is 0.435. The smallest absolute Gasteiger partial charge is 0.331 e. The van der Waals surface area contributed by atoms with E-state index >= 15 is 0 Å². The highest BCUT2D eigenvalue weighted by Crippen LogP contribution is 2.28. The summed E-state index contributed by atoms with van der Waals surface area (Å²) in [7, 11) is 0. The largest absolute Gasteiger partial charge is 0.456 e. The summed E-state index contributed by atoms with van der Waals surface area (Å²) in [5.41, 5.74) is 2.47. The first-order chi connectivity index (χ1) is 13.0. The minimum absolute atomic E-state index is 0.0592. The molecule has 0 aliphatic carbocycles. The minimum Gasteiger partial charge on any atom is -0.456 e. The second-order valence-corrected chi connectivity index (χ2v) is 7.50. The number of rotatable bonds is 6. The Bertz CT molecular complexity index is 961. The number of amides is 1. The van der Waals surface area contributed by atoms with Crippen molar-refractivity contribution >= 4 is 51.4 Å². The maximum absolute atomic E-state index is 12.0. The maximum atomic E-state index is 12.0. The van der Waals surface area contributed by atoms with E-state index in [1.165, 1.54) is 29.2 Å². The summed E-state index contributed by atoms with van der Waals surface area (Å²) in [6.07, 6.45) is 3.17. The van der Waals surface area contributed by atoms with Gasteiger partial charge in [-0.15, -0.1) is 22.7 Å². The molecular weight excluding hydrogens is 380 g/mol. The molecule has 27 heavy (non-hydrogen) atoms. The van der Waals surface area contributed by atoms with Gasteiger partial charge in [-0.25, -0.2) is 9.78 Å². The average Bonchev–Trinajstić information content (AvgIpc) is 3.28. The Balaban J connectivity index is 1.63. The Morgan fingerprint density at radius 3 is 2.63 bits per heavy atom. The Hall–Kier alpha value is -2.77. The van der Waals surface area contributed by atoms with Crippen LogP contribution in [0.2, 0.25) is 0 Å². The zero-order valence-corrected chi connectivity index (χ0v) is 16.5. The number of hydrogen-bond acceptors (Lipinski definition) is 6. The van der Waals surface area contributed by atoms with Gasteiger partial charge in [0.15, 0.2) is 5.13 Å². The molecule has 7 heteroatoms. The summed E-state index contributed by atoms with van der Waals surface area (Å²) in [4.78, 5) is 30.9. The van der Waals surface area contributed by atoms with Crippen LogP contribution in [0, 0.1) is 6.92 Å². The standard InChI is InChI=1S/C20H18N2O3S2/c1-14-10-11-26-18(14)8-9-19(24)25-12-16-13-27-20(21-16)22(15(2)23)17-6-4-3-5-7-17/h3-11,13H,12H2,1-2H3/b9-8+. The monoisotopic (exact) mass is 398 g/mol. The molecule has 3 rings (SSSR count). The van der Waals surface area contributed by atoms with E-state index in [0.717, 1.165) is 16.1 Å². The Kier molecular flexibility index (Phi) is 6.16. The molecule has 3 aromatic rings. The van der Waals surface area contributed by atoms with Crippen molar-refractivity contribution in [2.45, 2.75) is 20.5 Å². The van der Waals surface area contributed by atoms with Gasteiger partial charge >= 0.3 is 5.97 Å². The van der Waals surface area contributed by atoms with E-state index in [2.05, 4.69) is 4.98 Å². The van der Waals surface area contributed by atoms with Gasteiger partial charge < -0.3 is 4.74 Å². The van der Waals surface area contributed by atoms with Crippen molar-refractivity contribution in [3.63, 3.8) is 0 Å². The van der Waals surface area contributed by atoms with Crippen molar-refractivity contribution < 1.29 is 14.3 Å². The number of carbonyl (C=O) groups is 2. The average molecular weight is 399 g/mol. The molecule has 2 aromatic heterocycles. The molecule has 138 valence electrons. The predicted molar refractivity (Wildman–Crippen MR) is 109 cm³/mol. The maximum Gasteiger partial charge on any atom is 0.331 e. The normalized spacial score (nSPS) is 10.9. The number of hydrogen-bond donors (Lipinski definition) is 0. The number of anilines is 2. The molecule has 0 aliphatic heterocycles. The highest BCUT2D eigenvalue weighted by atomic mass is 32.1. The summed E-state index contributed by atoms with van der Waals surface area (Å²) in [6, 6.07) is 11.3. The molecule has 0 radical (unpaired) electrons.